The van der Waals surface area contributed by atoms with Crippen molar-refractivity contribution in [3.63, 3.8) is 0 Å². The summed E-state index contributed by atoms with van der Waals surface area (Å²) in [4.78, 5) is 0.849. The predicted molar refractivity (Wildman–Crippen MR) is 237 cm³/mol. The SMILES string of the molecule is [2H]c1c([2H])c(N(c2c([2H])c([2H])c(-c3ccc(-c4ccccc4)cc3)c([2H])c2[2H])c2c([2H])c([2H])c(-c3ccccc3-n3c4ccccc4c4ccccc43)c([2H])c2[2H])c([2H])c([2H])c1-c1ccccc1. The summed E-state index contributed by atoms with van der Waals surface area (Å²) < 4.78 is 116. The van der Waals surface area contributed by atoms with Gasteiger partial charge in [0.1, 0.15) is 0 Å². The molecule has 0 atom stereocenters. The summed E-state index contributed by atoms with van der Waals surface area (Å²) in [6, 6.07) is 40.6. The lowest BCUT2D eigenvalue weighted by atomic mass is 10.00. The second kappa shape index (κ2) is 14.4. The second-order valence-corrected chi connectivity index (χ2v) is 13.2. The number of aromatic nitrogens is 1. The van der Waals surface area contributed by atoms with Crippen molar-refractivity contribution in [3.05, 3.63) is 230 Å². The van der Waals surface area contributed by atoms with Gasteiger partial charge in [-0.3, -0.25) is 0 Å². The highest BCUT2D eigenvalue weighted by Gasteiger charge is 2.17. The molecular weight excluding hydrogens is 677 g/mol. The van der Waals surface area contributed by atoms with Crippen LogP contribution in [0, 0.1) is 0 Å². The van der Waals surface area contributed by atoms with Crippen LogP contribution in [0.1, 0.15) is 16.4 Å². The Morgan fingerprint density at radius 3 is 1.16 bits per heavy atom. The minimum atomic E-state index is -0.681. The molecule has 0 N–H and O–H groups in total. The first-order valence-electron chi connectivity index (χ1n) is 24.2. The normalized spacial score (nSPS) is 14.2. The van der Waals surface area contributed by atoms with E-state index in [1.807, 2.05) is 95.6 Å². The topological polar surface area (TPSA) is 8.17 Å². The maximum absolute atomic E-state index is 9.73. The molecule has 2 nitrogen and oxygen atoms in total. The Kier molecular flexibility index (Phi) is 5.85. The molecule has 1 heterocycles. The molecule has 264 valence electrons. The maximum atomic E-state index is 9.73. The van der Waals surface area contributed by atoms with E-state index in [-0.39, 0.29) is 16.7 Å². The van der Waals surface area contributed by atoms with Gasteiger partial charge in [0.05, 0.1) is 33.2 Å². The van der Waals surface area contributed by atoms with Gasteiger partial charge in [-0.2, -0.15) is 0 Å². The molecule has 0 saturated heterocycles. The number of rotatable bonds is 8. The van der Waals surface area contributed by atoms with Gasteiger partial charge in [0.25, 0.3) is 0 Å². The van der Waals surface area contributed by atoms with Gasteiger partial charge in [-0.25, -0.2) is 0 Å². The second-order valence-electron chi connectivity index (χ2n) is 13.2. The zero-order chi connectivity index (χ0) is 47.7. The van der Waals surface area contributed by atoms with E-state index in [0.717, 1.165) is 37.8 Å². The summed E-state index contributed by atoms with van der Waals surface area (Å²) in [5.41, 5.74) is 3.23. The molecule has 56 heavy (non-hydrogen) atoms. The van der Waals surface area contributed by atoms with Crippen LogP contribution in [-0.2, 0) is 0 Å². The average molecular weight is 727 g/mol. The lowest BCUT2D eigenvalue weighted by Crippen LogP contribution is -2.09. The highest BCUT2D eigenvalue weighted by Crippen LogP contribution is 2.40. The van der Waals surface area contributed by atoms with Gasteiger partial charge in [-0.15, -0.1) is 0 Å². The van der Waals surface area contributed by atoms with E-state index in [2.05, 4.69) is 0 Å². The molecular formula is C54H38N2. The molecule has 0 radical (unpaired) electrons. The summed E-state index contributed by atoms with van der Waals surface area (Å²) in [6.45, 7) is 0. The fourth-order valence-corrected chi connectivity index (χ4v) is 7.14. The van der Waals surface area contributed by atoms with E-state index < -0.39 is 89.6 Å². The monoisotopic (exact) mass is 726 g/mol. The minimum absolute atomic E-state index is 0.0466. The van der Waals surface area contributed by atoms with Crippen LogP contribution in [0.15, 0.2) is 230 Å². The van der Waals surface area contributed by atoms with Gasteiger partial charge in [-0.05, 0) is 93.4 Å². The van der Waals surface area contributed by atoms with Crippen molar-refractivity contribution in [3.8, 4) is 50.2 Å². The largest absolute Gasteiger partial charge is 0.311 e. The molecule has 0 aliphatic heterocycles. The fourth-order valence-electron chi connectivity index (χ4n) is 7.14. The molecule has 2 heteroatoms. The minimum Gasteiger partial charge on any atom is -0.311 e. The van der Waals surface area contributed by atoms with Crippen LogP contribution in [0.5, 0.6) is 0 Å². The maximum Gasteiger partial charge on any atom is 0.0645 e. The van der Waals surface area contributed by atoms with Crippen molar-refractivity contribution in [1.82, 2.24) is 4.57 Å². The van der Waals surface area contributed by atoms with Gasteiger partial charge < -0.3 is 9.47 Å². The number of fused-ring (bicyclic) bond motifs is 3. The van der Waals surface area contributed by atoms with E-state index in [0.29, 0.717) is 22.4 Å². The van der Waals surface area contributed by atoms with Crippen molar-refractivity contribution < 1.29 is 16.4 Å². The third-order valence-electron chi connectivity index (χ3n) is 9.84. The van der Waals surface area contributed by atoms with Gasteiger partial charge >= 0.3 is 0 Å². The lowest BCUT2D eigenvalue weighted by Gasteiger charge is -2.26. The molecule has 9 aromatic carbocycles. The van der Waals surface area contributed by atoms with Crippen molar-refractivity contribution in [2.45, 2.75) is 0 Å². The van der Waals surface area contributed by atoms with Gasteiger partial charge in [-0.1, -0.05) is 176 Å². The molecule has 0 fully saturated rings. The first-order chi connectivity index (χ1) is 32.8. The van der Waals surface area contributed by atoms with Crippen molar-refractivity contribution in [2.75, 3.05) is 4.90 Å². The standard InChI is InChI=1S/C54H38N2/c1-3-13-39(14-4-1)41-23-25-42(26-24-41)44-29-35-47(36-30-44)55(46-33-27-43(28-34-46)40-15-5-2-6-16-40)48-37-31-45(32-38-48)49-17-7-10-20-52(49)56-53-21-11-8-18-50(53)51-19-9-12-22-54(51)56/h1-38H/i27D,28D,29D,30D,31D,32D,33D,34D,35D,36D,37D,38D. The summed E-state index contributed by atoms with van der Waals surface area (Å²) >= 11 is 0. The highest BCUT2D eigenvalue weighted by molar-refractivity contribution is 6.09. The molecule has 0 amide bonds. The quantitative estimate of drug-likeness (QED) is 0.151. The Morgan fingerprint density at radius 2 is 0.661 bits per heavy atom. The molecule has 0 saturated carbocycles. The molecule has 0 spiro atoms. The van der Waals surface area contributed by atoms with Crippen LogP contribution in [0.2, 0.25) is 0 Å². The fraction of sp³-hybridized carbons (Fsp3) is 0. The molecule has 10 aromatic rings. The molecule has 0 bridgehead atoms. The smallest absolute Gasteiger partial charge is 0.0645 e. The van der Waals surface area contributed by atoms with Crippen LogP contribution < -0.4 is 4.90 Å². The summed E-state index contributed by atoms with van der Waals surface area (Å²) in [5.74, 6) is 0. The Labute approximate surface area is 344 Å². The summed E-state index contributed by atoms with van der Waals surface area (Å²) in [7, 11) is 0. The number of para-hydroxylation sites is 3. The van der Waals surface area contributed by atoms with E-state index in [4.69, 9.17) is 0 Å². The third-order valence-corrected chi connectivity index (χ3v) is 9.84. The Balaban J connectivity index is 1.24. The number of hydrogen-bond donors (Lipinski definition) is 0. The van der Waals surface area contributed by atoms with Crippen LogP contribution >= 0.6 is 0 Å². The van der Waals surface area contributed by atoms with Gasteiger partial charge in [0.15, 0.2) is 0 Å². The lowest BCUT2D eigenvalue weighted by molar-refractivity contribution is 1.18. The Morgan fingerprint density at radius 1 is 0.304 bits per heavy atom. The van der Waals surface area contributed by atoms with E-state index in [1.165, 1.54) is 0 Å². The molecule has 1 aromatic heterocycles. The van der Waals surface area contributed by atoms with Crippen LogP contribution in [0.4, 0.5) is 17.1 Å². The molecule has 0 aliphatic rings. The first-order valence-corrected chi connectivity index (χ1v) is 18.2. The predicted octanol–water partition coefficient (Wildman–Crippen LogP) is 14.9. The zero-order valence-corrected chi connectivity index (χ0v) is 29.9. The number of nitrogens with zero attached hydrogens (tertiary/aromatic N) is 2. The van der Waals surface area contributed by atoms with Crippen LogP contribution in [-0.4, -0.2) is 4.57 Å². The van der Waals surface area contributed by atoms with Gasteiger partial charge in [0.2, 0.25) is 0 Å². The average Bonchev–Trinajstić information content (AvgIpc) is 3.70. The number of benzene rings is 9. The van der Waals surface area contributed by atoms with Crippen molar-refractivity contribution in [1.29, 1.82) is 0 Å². The molecule has 0 unspecified atom stereocenters. The van der Waals surface area contributed by atoms with E-state index in [9.17, 15) is 16.4 Å². The van der Waals surface area contributed by atoms with Crippen molar-refractivity contribution >= 4 is 38.9 Å². The highest BCUT2D eigenvalue weighted by atomic mass is 15.1. The first kappa shape index (κ1) is 22.7. The Hall–Kier alpha value is -7.42. The van der Waals surface area contributed by atoms with Crippen LogP contribution in [0.25, 0.3) is 72.0 Å². The van der Waals surface area contributed by atoms with Gasteiger partial charge in [0, 0.05) is 33.4 Å². The number of anilines is 3. The third kappa shape index (κ3) is 6.14. The van der Waals surface area contributed by atoms with E-state index >= 15 is 0 Å². The van der Waals surface area contributed by atoms with E-state index in [1.54, 1.807) is 66.7 Å². The molecule has 10 rings (SSSR count). The number of hydrogen-bond acceptors (Lipinski definition) is 1. The zero-order valence-electron chi connectivity index (χ0n) is 41.9. The molecule has 0 aliphatic carbocycles. The van der Waals surface area contributed by atoms with Crippen molar-refractivity contribution in [2.24, 2.45) is 0 Å². The summed E-state index contributed by atoms with van der Waals surface area (Å²) in [5, 5.41) is 1.94. The summed E-state index contributed by atoms with van der Waals surface area (Å²) in [6.07, 6.45) is 0. The van der Waals surface area contributed by atoms with Crippen LogP contribution in [0.3, 0.4) is 0 Å². The Bertz CT molecular complexity index is 3510.